The smallest absolute Gasteiger partial charge is 0.256 e. The molecule has 128 valence electrons. The fourth-order valence-electron chi connectivity index (χ4n) is 3.61. The number of methoxy groups -OCH3 is 1. The molecule has 0 saturated heterocycles. The number of rotatable bonds is 3. The number of nitrogens with one attached hydrogen (secondary N) is 2. The van der Waals surface area contributed by atoms with Gasteiger partial charge in [0, 0.05) is 61.3 Å². The monoisotopic (exact) mass is 336 g/mol. The second kappa shape index (κ2) is 6.22. The number of hydrogen-bond donors (Lipinski definition) is 2. The Labute approximate surface area is 145 Å². The molecule has 0 fully saturated rings. The minimum atomic E-state index is -0.127. The topological polar surface area (TPSA) is 68.2 Å². The number of carbonyl (C=O) groups is 1. The molecule has 25 heavy (non-hydrogen) atoms. The van der Waals surface area contributed by atoms with E-state index in [9.17, 15) is 4.79 Å². The van der Waals surface area contributed by atoms with Crippen LogP contribution in [0, 0.1) is 0 Å². The van der Waals surface area contributed by atoms with Gasteiger partial charge in [0.1, 0.15) is 5.75 Å². The number of anilines is 1. The number of pyridine rings is 1. The molecule has 4 rings (SSSR count). The lowest BCUT2D eigenvalue weighted by atomic mass is 10.0. The number of hydrogen-bond acceptors (Lipinski definition) is 4. The number of ether oxygens (including phenoxy) is 1. The van der Waals surface area contributed by atoms with Crippen LogP contribution in [0.4, 0.5) is 5.69 Å². The molecule has 1 aliphatic rings. The zero-order valence-corrected chi connectivity index (χ0v) is 14.3. The van der Waals surface area contributed by atoms with E-state index in [4.69, 9.17) is 4.74 Å². The van der Waals surface area contributed by atoms with Gasteiger partial charge in [0.15, 0.2) is 0 Å². The van der Waals surface area contributed by atoms with E-state index in [0.29, 0.717) is 5.56 Å². The Kier molecular flexibility index (Phi) is 3.89. The fraction of sp³-hybridized carbons (Fsp3) is 0.263. The van der Waals surface area contributed by atoms with Crippen molar-refractivity contribution in [3.8, 4) is 5.75 Å². The van der Waals surface area contributed by atoms with Crippen molar-refractivity contribution in [2.45, 2.75) is 13.0 Å². The molecule has 0 saturated carbocycles. The third kappa shape index (κ3) is 2.55. The van der Waals surface area contributed by atoms with E-state index >= 15 is 0 Å². The van der Waals surface area contributed by atoms with Crippen LogP contribution in [0.3, 0.4) is 0 Å². The summed E-state index contributed by atoms with van der Waals surface area (Å²) in [6.07, 6.45) is 4.26. The summed E-state index contributed by atoms with van der Waals surface area (Å²) < 4.78 is 7.72. The van der Waals surface area contributed by atoms with Crippen molar-refractivity contribution in [3.63, 3.8) is 0 Å². The Morgan fingerprint density at radius 2 is 2.08 bits per heavy atom. The molecule has 0 aliphatic carbocycles. The van der Waals surface area contributed by atoms with E-state index in [-0.39, 0.29) is 5.91 Å². The first-order valence-electron chi connectivity index (χ1n) is 8.30. The number of benzene rings is 1. The summed E-state index contributed by atoms with van der Waals surface area (Å²) in [7, 11) is 3.70. The van der Waals surface area contributed by atoms with Crippen LogP contribution in [0.25, 0.3) is 10.9 Å². The highest BCUT2D eigenvalue weighted by Gasteiger charge is 2.25. The van der Waals surface area contributed by atoms with Gasteiger partial charge in [-0.25, -0.2) is 0 Å². The standard InChI is InChI=1S/C19H20N4O2/c1-23-15-7-10-21-11-14(15)17-13(3-4-16(25-2)18(17)23)19(24)22-12-5-8-20-9-6-12/h3-6,8-9,21H,7,10-11H2,1-2H3,(H,20,22,24). The van der Waals surface area contributed by atoms with Gasteiger partial charge in [-0.2, -0.15) is 0 Å². The Balaban J connectivity index is 1.88. The van der Waals surface area contributed by atoms with Gasteiger partial charge in [0.05, 0.1) is 12.6 Å². The van der Waals surface area contributed by atoms with Crippen molar-refractivity contribution < 1.29 is 9.53 Å². The highest BCUT2D eigenvalue weighted by atomic mass is 16.5. The highest BCUT2D eigenvalue weighted by Crippen LogP contribution is 2.36. The lowest BCUT2D eigenvalue weighted by Crippen LogP contribution is -2.24. The van der Waals surface area contributed by atoms with Crippen molar-refractivity contribution in [2.24, 2.45) is 7.05 Å². The average molecular weight is 336 g/mol. The van der Waals surface area contributed by atoms with E-state index in [1.807, 2.05) is 19.2 Å². The summed E-state index contributed by atoms with van der Waals surface area (Å²) >= 11 is 0. The SMILES string of the molecule is COc1ccc(C(=O)Nc2ccncc2)c2c3c(n(C)c12)CCNC3. The van der Waals surface area contributed by atoms with Gasteiger partial charge in [-0.15, -0.1) is 0 Å². The van der Waals surface area contributed by atoms with Crippen LogP contribution in [0.2, 0.25) is 0 Å². The maximum Gasteiger partial charge on any atom is 0.256 e. The zero-order chi connectivity index (χ0) is 17.4. The number of aryl methyl sites for hydroxylation is 1. The van der Waals surface area contributed by atoms with Crippen LogP contribution < -0.4 is 15.4 Å². The van der Waals surface area contributed by atoms with Crippen molar-refractivity contribution in [3.05, 3.63) is 53.5 Å². The molecule has 6 heteroatoms. The van der Waals surface area contributed by atoms with Gasteiger partial charge in [0.25, 0.3) is 5.91 Å². The van der Waals surface area contributed by atoms with Crippen LogP contribution in [-0.4, -0.2) is 29.1 Å². The molecule has 2 aromatic heterocycles. The minimum Gasteiger partial charge on any atom is -0.495 e. The predicted octanol–water partition coefficient (Wildman–Crippen LogP) is 2.48. The molecule has 0 radical (unpaired) electrons. The van der Waals surface area contributed by atoms with Crippen LogP contribution in [0.1, 0.15) is 21.6 Å². The lowest BCUT2D eigenvalue weighted by molar-refractivity contribution is 0.102. The Bertz CT molecular complexity index is 947. The molecule has 2 N–H and O–H groups in total. The molecule has 0 spiro atoms. The van der Waals surface area contributed by atoms with E-state index in [1.165, 1.54) is 11.3 Å². The summed E-state index contributed by atoms with van der Waals surface area (Å²) in [5.41, 5.74) is 4.80. The second-order valence-corrected chi connectivity index (χ2v) is 6.14. The number of carbonyl (C=O) groups excluding carboxylic acids is 1. The van der Waals surface area contributed by atoms with Crippen LogP contribution in [0.15, 0.2) is 36.7 Å². The van der Waals surface area contributed by atoms with E-state index in [0.717, 1.165) is 41.9 Å². The Morgan fingerprint density at radius 3 is 2.84 bits per heavy atom. The summed E-state index contributed by atoms with van der Waals surface area (Å²) in [6.45, 7) is 1.70. The average Bonchev–Trinajstić information content (AvgIpc) is 2.96. The summed E-state index contributed by atoms with van der Waals surface area (Å²) in [5, 5.41) is 7.33. The molecule has 1 aliphatic heterocycles. The van der Waals surface area contributed by atoms with Gasteiger partial charge in [-0.3, -0.25) is 9.78 Å². The number of aromatic nitrogens is 2. The van der Waals surface area contributed by atoms with Crippen LogP contribution >= 0.6 is 0 Å². The highest BCUT2D eigenvalue weighted by molar-refractivity contribution is 6.14. The molecule has 0 atom stereocenters. The number of amides is 1. The molecule has 3 aromatic rings. The third-order valence-corrected chi connectivity index (χ3v) is 4.77. The predicted molar refractivity (Wildman–Crippen MR) is 97.1 cm³/mol. The molecule has 1 aromatic carbocycles. The van der Waals surface area contributed by atoms with Gasteiger partial charge < -0.3 is 19.9 Å². The third-order valence-electron chi connectivity index (χ3n) is 4.77. The van der Waals surface area contributed by atoms with Gasteiger partial charge in [0.2, 0.25) is 0 Å². The first kappa shape index (κ1) is 15.7. The van der Waals surface area contributed by atoms with Gasteiger partial charge in [-0.05, 0) is 29.8 Å². The molecular formula is C19H20N4O2. The maximum atomic E-state index is 12.9. The normalized spacial score (nSPS) is 13.5. The zero-order valence-electron chi connectivity index (χ0n) is 14.3. The first-order valence-corrected chi connectivity index (χ1v) is 8.30. The largest absolute Gasteiger partial charge is 0.495 e. The van der Waals surface area contributed by atoms with Crippen LogP contribution in [0.5, 0.6) is 5.75 Å². The Hall–Kier alpha value is -2.86. The lowest BCUT2D eigenvalue weighted by Gasteiger charge is -2.15. The molecule has 1 amide bonds. The summed E-state index contributed by atoms with van der Waals surface area (Å²) in [4.78, 5) is 16.9. The number of nitrogens with zero attached hydrogens (tertiary/aromatic N) is 2. The minimum absolute atomic E-state index is 0.127. The summed E-state index contributed by atoms with van der Waals surface area (Å²) in [6, 6.07) is 7.26. The van der Waals surface area contributed by atoms with Crippen molar-refractivity contribution in [1.29, 1.82) is 0 Å². The quantitative estimate of drug-likeness (QED) is 0.771. The summed E-state index contributed by atoms with van der Waals surface area (Å²) in [5.74, 6) is 0.658. The van der Waals surface area contributed by atoms with Crippen molar-refractivity contribution in [1.82, 2.24) is 14.9 Å². The van der Waals surface area contributed by atoms with Crippen LogP contribution in [-0.2, 0) is 20.0 Å². The van der Waals surface area contributed by atoms with Gasteiger partial charge in [-0.1, -0.05) is 0 Å². The maximum absolute atomic E-state index is 12.9. The molecular weight excluding hydrogens is 316 g/mol. The Morgan fingerprint density at radius 1 is 1.28 bits per heavy atom. The first-order chi connectivity index (χ1) is 12.2. The molecule has 6 nitrogen and oxygen atoms in total. The molecule has 3 heterocycles. The number of fused-ring (bicyclic) bond motifs is 3. The van der Waals surface area contributed by atoms with E-state index < -0.39 is 0 Å². The second-order valence-electron chi connectivity index (χ2n) is 6.14. The van der Waals surface area contributed by atoms with Gasteiger partial charge >= 0.3 is 0 Å². The molecule has 0 bridgehead atoms. The van der Waals surface area contributed by atoms with Crippen molar-refractivity contribution in [2.75, 3.05) is 19.0 Å². The van der Waals surface area contributed by atoms with E-state index in [2.05, 4.69) is 20.2 Å². The fourth-order valence-corrected chi connectivity index (χ4v) is 3.61. The van der Waals surface area contributed by atoms with E-state index in [1.54, 1.807) is 31.6 Å². The molecule has 0 unspecified atom stereocenters. The van der Waals surface area contributed by atoms with Crippen molar-refractivity contribution >= 4 is 22.5 Å².